The number of rotatable bonds is 3. The zero-order valence-corrected chi connectivity index (χ0v) is 18.3. The monoisotopic (exact) mass is 432 g/mol. The molecule has 0 bridgehead atoms. The summed E-state index contributed by atoms with van der Waals surface area (Å²) in [7, 11) is 0. The first-order chi connectivity index (χ1) is 16.2. The molecule has 1 amide bonds. The number of carbonyl (C=O) groups is 1. The lowest BCUT2D eigenvalue weighted by molar-refractivity contribution is 0.0769. The van der Waals surface area contributed by atoms with Crippen molar-refractivity contribution in [2.24, 2.45) is 0 Å². The normalized spacial score (nSPS) is 14.0. The second-order valence-electron chi connectivity index (χ2n) is 8.23. The summed E-state index contributed by atoms with van der Waals surface area (Å²) in [4.78, 5) is 22.8. The number of pyridine rings is 1. The number of nitriles is 1. The number of para-hydroxylation sites is 1. The first kappa shape index (κ1) is 20.7. The molecule has 5 nitrogen and oxygen atoms in total. The fourth-order valence-electron chi connectivity index (χ4n) is 4.41. The molecule has 33 heavy (non-hydrogen) atoms. The number of anilines is 1. The third-order valence-electron chi connectivity index (χ3n) is 6.16. The molecular formula is C28H24N4O. The maximum absolute atomic E-state index is 13.7. The van der Waals surface area contributed by atoms with Gasteiger partial charge in [-0.05, 0) is 42.8 Å². The van der Waals surface area contributed by atoms with Crippen molar-refractivity contribution in [3.63, 3.8) is 0 Å². The molecule has 1 fully saturated rings. The van der Waals surface area contributed by atoms with E-state index in [-0.39, 0.29) is 5.91 Å². The number of benzene rings is 3. The van der Waals surface area contributed by atoms with Gasteiger partial charge in [0.15, 0.2) is 0 Å². The zero-order chi connectivity index (χ0) is 22.6. The summed E-state index contributed by atoms with van der Waals surface area (Å²) < 4.78 is 0. The summed E-state index contributed by atoms with van der Waals surface area (Å²) in [5.41, 5.74) is 5.09. The highest BCUT2D eigenvalue weighted by molar-refractivity contribution is 6.07. The summed E-state index contributed by atoms with van der Waals surface area (Å²) in [5.74, 6) is 0.0486. The van der Waals surface area contributed by atoms with Crippen LogP contribution in [0.5, 0.6) is 0 Å². The van der Waals surface area contributed by atoms with Crippen LogP contribution in [0.4, 0.5) is 5.69 Å². The lowest BCUT2D eigenvalue weighted by Crippen LogP contribution is -2.35. The molecule has 5 rings (SSSR count). The molecular weight excluding hydrogens is 408 g/mol. The van der Waals surface area contributed by atoms with Crippen LogP contribution in [0.1, 0.15) is 22.3 Å². The maximum atomic E-state index is 13.7. The first-order valence-electron chi connectivity index (χ1n) is 11.2. The van der Waals surface area contributed by atoms with Crippen molar-refractivity contribution in [1.29, 1.82) is 5.26 Å². The molecule has 1 aliphatic heterocycles. The minimum atomic E-state index is 0.0486. The fraction of sp³-hybridized carbons (Fsp3) is 0.179. The number of amides is 1. The average molecular weight is 433 g/mol. The van der Waals surface area contributed by atoms with Gasteiger partial charge in [-0.25, -0.2) is 4.98 Å². The lowest BCUT2D eigenvalue weighted by atomic mass is 10.0. The summed E-state index contributed by atoms with van der Waals surface area (Å²) >= 11 is 0. The van der Waals surface area contributed by atoms with E-state index in [2.05, 4.69) is 11.0 Å². The zero-order valence-electron chi connectivity index (χ0n) is 18.3. The van der Waals surface area contributed by atoms with Gasteiger partial charge in [-0.1, -0.05) is 48.5 Å². The van der Waals surface area contributed by atoms with E-state index in [4.69, 9.17) is 10.2 Å². The highest BCUT2D eigenvalue weighted by Crippen LogP contribution is 2.26. The molecule has 0 atom stereocenters. The van der Waals surface area contributed by atoms with Crippen molar-refractivity contribution in [1.82, 2.24) is 9.88 Å². The van der Waals surface area contributed by atoms with Crippen LogP contribution >= 0.6 is 0 Å². The Morgan fingerprint density at radius 2 is 1.61 bits per heavy atom. The molecule has 0 N–H and O–H groups in total. The third-order valence-corrected chi connectivity index (χ3v) is 6.16. The molecule has 0 unspecified atom stereocenters. The van der Waals surface area contributed by atoms with Gasteiger partial charge < -0.3 is 9.80 Å². The molecule has 3 aromatic carbocycles. The van der Waals surface area contributed by atoms with E-state index >= 15 is 0 Å². The Morgan fingerprint density at radius 3 is 2.39 bits per heavy atom. The lowest BCUT2D eigenvalue weighted by Gasteiger charge is -2.24. The van der Waals surface area contributed by atoms with Crippen LogP contribution < -0.4 is 4.90 Å². The molecule has 1 aromatic heterocycles. The van der Waals surface area contributed by atoms with Gasteiger partial charge in [-0.3, -0.25) is 4.79 Å². The molecule has 2 heterocycles. The van der Waals surface area contributed by atoms with E-state index in [1.165, 1.54) is 0 Å². The number of hydrogen-bond acceptors (Lipinski definition) is 4. The smallest absolute Gasteiger partial charge is 0.254 e. The fourth-order valence-corrected chi connectivity index (χ4v) is 4.41. The van der Waals surface area contributed by atoms with Gasteiger partial charge in [0.25, 0.3) is 5.91 Å². The Balaban J connectivity index is 1.43. The second kappa shape index (κ2) is 9.13. The van der Waals surface area contributed by atoms with Crippen molar-refractivity contribution in [2.75, 3.05) is 31.1 Å². The van der Waals surface area contributed by atoms with E-state index < -0.39 is 0 Å². The molecule has 0 radical (unpaired) electrons. The van der Waals surface area contributed by atoms with Gasteiger partial charge in [0.2, 0.25) is 0 Å². The Labute approximate surface area is 193 Å². The van der Waals surface area contributed by atoms with Gasteiger partial charge in [0.1, 0.15) is 0 Å². The summed E-state index contributed by atoms with van der Waals surface area (Å²) in [6.07, 6.45) is 0.889. The topological polar surface area (TPSA) is 60.2 Å². The van der Waals surface area contributed by atoms with Gasteiger partial charge in [-0.2, -0.15) is 5.26 Å². The second-order valence-corrected chi connectivity index (χ2v) is 8.23. The minimum Gasteiger partial charge on any atom is -0.370 e. The highest BCUT2D eigenvalue weighted by Gasteiger charge is 2.23. The van der Waals surface area contributed by atoms with Crippen molar-refractivity contribution in [2.45, 2.75) is 6.42 Å². The first-order valence-corrected chi connectivity index (χ1v) is 11.2. The largest absolute Gasteiger partial charge is 0.370 e. The number of carbonyl (C=O) groups excluding carboxylic acids is 1. The van der Waals surface area contributed by atoms with Crippen LogP contribution in [-0.2, 0) is 0 Å². The average Bonchev–Trinajstić information content (AvgIpc) is 3.14. The molecule has 1 saturated heterocycles. The van der Waals surface area contributed by atoms with Crippen LogP contribution in [-0.4, -0.2) is 42.0 Å². The van der Waals surface area contributed by atoms with Crippen LogP contribution in [0, 0.1) is 11.3 Å². The summed E-state index contributed by atoms with van der Waals surface area (Å²) in [5, 5.41) is 9.93. The molecule has 4 aromatic rings. The van der Waals surface area contributed by atoms with E-state index in [1.54, 1.807) is 0 Å². The number of fused-ring (bicyclic) bond motifs is 1. The number of nitrogens with zero attached hydrogens (tertiary/aromatic N) is 4. The van der Waals surface area contributed by atoms with Gasteiger partial charge in [0.05, 0.1) is 28.4 Å². The summed E-state index contributed by atoms with van der Waals surface area (Å²) in [6.45, 7) is 2.99. The Morgan fingerprint density at radius 1 is 0.848 bits per heavy atom. The predicted octanol–water partition coefficient (Wildman–Crippen LogP) is 5.13. The van der Waals surface area contributed by atoms with E-state index in [1.807, 2.05) is 89.8 Å². The number of hydrogen-bond donors (Lipinski definition) is 0. The third kappa shape index (κ3) is 4.28. The Bertz CT molecular complexity index is 1330. The van der Waals surface area contributed by atoms with Gasteiger partial charge >= 0.3 is 0 Å². The van der Waals surface area contributed by atoms with Crippen LogP contribution in [0.2, 0.25) is 0 Å². The van der Waals surface area contributed by atoms with Crippen LogP contribution in [0.15, 0.2) is 84.9 Å². The van der Waals surface area contributed by atoms with Crippen molar-refractivity contribution in [3.8, 4) is 17.3 Å². The molecule has 162 valence electrons. The predicted molar refractivity (Wildman–Crippen MR) is 131 cm³/mol. The molecule has 1 aliphatic rings. The van der Waals surface area contributed by atoms with Crippen molar-refractivity contribution >= 4 is 22.5 Å². The minimum absolute atomic E-state index is 0.0486. The molecule has 0 spiro atoms. The van der Waals surface area contributed by atoms with Crippen molar-refractivity contribution in [3.05, 3.63) is 96.1 Å². The summed E-state index contributed by atoms with van der Waals surface area (Å²) in [6, 6.07) is 29.6. The van der Waals surface area contributed by atoms with Crippen molar-refractivity contribution < 1.29 is 4.79 Å². The van der Waals surface area contributed by atoms with E-state index in [9.17, 15) is 4.79 Å². The quantitative estimate of drug-likeness (QED) is 0.451. The maximum Gasteiger partial charge on any atom is 0.254 e. The Kier molecular flexibility index (Phi) is 5.73. The number of aromatic nitrogens is 1. The van der Waals surface area contributed by atoms with E-state index in [0.29, 0.717) is 24.2 Å². The standard InChI is InChI=1S/C28H24N4O/c29-20-21-11-13-23(14-12-21)31-15-6-16-32(18-17-31)28(33)25-19-27(22-7-2-1-3-8-22)30-26-10-5-4-9-24(25)26/h1-5,7-14,19H,6,15-18H2. The molecule has 5 heteroatoms. The SMILES string of the molecule is N#Cc1ccc(N2CCCN(C(=O)c3cc(-c4ccccc4)nc4ccccc34)CC2)cc1. The van der Waals surface area contributed by atoms with Crippen LogP contribution in [0.3, 0.4) is 0 Å². The Hall–Kier alpha value is -4.17. The molecule has 0 aliphatic carbocycles. The van der Waals surface area contributed by atoms with Crippen LogP contribution in [0.25, 0.3) is 22.2 Å². The van der Waals surface area contributed by atoms with Gasteiger partial charge in [0, 0.05) is 42.8 Å². The van der Waals surface area contributed by atoms with E-state index in [0.717, 1.165) is 47.4 Å². The highest BCUT2D eigenvalue weighted by atomic mass is 16.2. The van der Waals surface area contributed by atoms with Gasteiger partial charge in [-0.15, -0.1) is 0 Å². The molecule has 0 saturated carbocycles.